The third kappa shape index (κ3) is 3.12. The van der Waals surface area contributed by atoms with E-state index in [9.17, 15) is 4.79 Å². The lowest BCUT2D eigenvalue weighted by Gasteiger charge is -2.23. The molecular formula is C16H21NO3. The Morgan fingerprint density at radius 1 is 1.30 bits per heavy atom. The lowest BCUT2D eigenvalue weighted by atomic mass is 10.2. The first kappa shape index (κ1) is 13.4. The highest BCUT2D eigenvalue weighted by Gasteiger charge is 2.40. The molecule has 2 unspecified atom stereocenters. The van der Waals surface area contributed by atoms with Crippen molar-refractivity contribution in [3.63, 3.8) is 0 Å². The summed E-state index contributed by atoms with van der Waals surface area (Å²) in [6.45, 7) is 3.14. The third-order valence-corrected chi connectivity index (χ3v) is 3.94. The Kier molecular flexibility index (Phi) is 3.92. The molecule has 4 nitrogen and oxygen atoms in total. The van der Waals surface area contributed by atoms with Gasteiger partial charge in [0, 0.05) is 6.61 Å². The van der Waals surface area contributed by atoms with Crippen molar-refractivity contribution in [2.24, 2.45) is 5.92 Å². The number of carbonyl (C=O) groups excluding carboxylic acids is 1. The molecule has 108 valence electrons. The molecule has 0 radical (unpaired) electrons. The summed E-state index contributed by atoms with van der Waals surface area (Å²) in [6, 6.07) is 9.94. The molecule has 1 aromatic rings. The maximum atomic E-state index is 11.9. The van der Waals surface area contributed by atoms with E-state index in [0.29, 0.717) is 13.2 Å². The van der Waals surface area contributed by atoms with Crippen molar-refractivity contribution >= 4 is 6.09 Å². The van der Waals surface area contributed by atoms with E-state index in [-0.39, 0.29) is 18.4 Å². The Balaban J connectivity index is 1.60. The van der Waals surface area contributed by atoms with Gasteiger partial charge in [0.05, 0.1) is 6.54 Å². The summed E-state index contributed by atoms with van der Waals surface area (Å²) >= 11 is 0. The normalized spacial score (nSPS) is 25.9. The Morgan fingerprint density at radius 3 is 2.75 bits per heavy atom. The molecule has 0 aromatic heterocycles. The summed E-state index contributed by atoms with van der Waals surface area (Å²) in [5.74, 6) is 0.839. The average molecular weight is 275 g/mol. The summed E-state index contributed by atoms with van der Waals surface area (Å²) in [6.07, 6.45) is 3.00. The van der Waals surface area contributed by atoms with E-state index in [1.54, 1.807) is 4.90 Å². The van der Waals surface area contributed by atoms with Crippen LogP contribution in [0.5, 0.6) is 0 Å². The van der Waals surface area contributed by atoms with Crippen molar-refractivity contribution in [3.8, 4) is 0 Å². The predicted molar refractivity (Wildman–Crippen MR) is 75.0 cm³/mol. The quantitative estimate of drug-likeness (QED) is 0.800. The van der Waals surface area contributed by atoms with Crippen molar-refractivity contribution in [2.45, 2.75) is 45.1 Å². The molecule has 20 heavy (non-hydrogen) atoms. The zero-order valence-electron chi connectivity index (χ0n) is 11.8. The number of benzene rings is 1. The SMILES string of the molecule is CC1OC(=O)N(Cc2ccccc2)C1OCCC1CC1. The fraction of sp³-hybridized carbons (Fsp3) is 0.562. The molecule has 2 aliphatic rings. The summed E-state index contributed by atoms with van der Waals surface area (Å²) in [7, 11) is 0. The number of hydrogen-bond donors (Lipinski definition) is 0. The first-order chi connectivity index (χ1) is 9.74. The standard InChI is InChI=1S/C16H21NO3/c1-12-15(19-10-9-13-7-8-13)17(16(18)20-12)11-14-5-3-2-4-6-14/h2-6,12-13,15H,7-11H2,1H3. The van der Waals surface area contributed by atoms with Gasteiger partial charge in [-0.05, 0) is 24.8 Å². The fourth-order valence-electron chi connectivity index (χ4n) is 2.56. The second kappa shape index (κ2) is 5.83. The minimum Gasteiger partial charge on any atom is -0.442 e. The van der Waals surface area contributed by atoms with Gasteiger partial charge in [0.25, 0.3) is 0 Å². The Hall–Kier alpha value is -1.55. The molecular weight excluding hydrogens is 254 g/mol. The van der Waals surface area contributed by atoms with Crippen LogP contribution in [0.15, 0.2) is 30.3 Å². The predicted octanol–water partition coefficient (Wildman–Crippen LogP) is 3.17. The van der Waals surface area contributed by atoms with Gasteiger partial charge < -0.3 is 9.47 Å². The second-order valence-electron chi connectivity index (χ2n) is 5.70. The van der Waals surface area contributed by atoms with E-state index in [2.05, 4.69) is 0 Å². The number of cyclic esters (lactones) is 1. The van der Waals surface area contributed by atoms with E-state index >= 15 is 0 Å². The number of rotatable bonds is 6. The summed E-state index contributed by atoms with van der Waals surface area (Å²) in [5.41, 5.74) is 1.09. The lowest BCUT2D eigenvalue weighted by molar-refractivity contribution is -0.0507. The highest BCUT2D eigenvalue weighted by Crippen LogP contribution is 2.33. The van der Waals surface area contributed by atoms with Crippen LogP contribution in [0.1, 0.15) is 31.7 Å². The molecule has 1 saturated heterocycles. The number of amides is 1. The zero-order valence-corrected chi connectivity index (χ0v) is 11.8. The lowest BCUT2D eigenvalue weighted by Crippen LogP contribution is -2.37. The molecule has 1 aromatic carbocycles. The monoisotopic (exact) mass is 275 g/mol. The Labute approximate surface area is 119 Å². The van der Waals surface area contributed by atoms with Gasteiger partial charge in [0.2, 0.25) is 0 Å². The van der Waals surface area contributed by atoms with Gasteiger partial charge in [0.1, 0.15) is 6.10 Å². The third-order valence-electron chi connectivity index (χ3n) is 3.94. The van der Waals surface area contributed by atoms with Gasteiger partial charge >= 0.3 is 6.09 Å². The molecule has 0 bridgehead atoms. The zero-order chi connectivity index (χ0) is 13.9. The van der Waals surface area contributed by atoms with Crippen molar-refractivity contribution < 1.29 is 14.3 Å². The van der Waals surface area contributed by atoms with Crippen LogP contribution < -0.4 is 0 Å². The largest absolute Gasteiger partial charge is 0.442 e. The molecule has 1 aliphatic heterocycles. The second-order valence-corrected chi connectivity index (χ2v) is 5.70. The van der Waals surface area contributed by atoms with E-state index in [1.807, 2.05) is 37.3 Å². The van der Waals surface area contributed by atoms with E-state index in [4.69, 9.17) is 9.47 Å². The van der Waals surface area contributed by atoms with Crippen LogP contribution >= 0.6 is 0 Å². The van der Waals surface area contributed by atoms with Crippen molar-refractivity contribution in [1.29, 1.82) is 0 Å². The molecule has 4 heteroatoms. The molecule has 2 fully saturated rings. The van der Waals surface area contributed by atoms with Crippen LogP contribution in [-0.4, -0.2) is 29.9 Å². The first-order valence-corrected chi connectivity index (χ1v) is 7.37. The Bertz CT molecular complexity index is 458. The van der Waals surface area contributed by atoms with Crippen molar-refractivity contribution in [3.05, 3.63) is 35.9 Å². The smallest absolute Gasteiger partial charge is 0.412 e. The average Bonchev–Trinajstić information content (AvgIpc) is 3.22. The Morgan fingerprint density at radius 2 is 2.05 bits per heavy atom. The van der Waals surface area contributed by atoms with Gasteiger partial charge in [-0.15, -0.1) is 0 Å². The van der Waals surface area contributed by atoms with Crippen LogP contribution in [0.25, 0.3) is 0 Å². The molecule has 1 heterocycles. The first-order valence-electron chi connectivity index (χ1n) is 7.37. The minimum atomic E-state index is -0.280. The van der Waals surface area contributed by atoms with Gasteiger partial charge in [-0.1, -0.05) is 43.2 Å². The maximum absolute atomic E-state index is 11.9. The van der Waals surface area contributed by atoms with Crippen molar-refractivity contribution in [1.82, 2.24) is 4.90 Å². The van der Waals surface area contributed by atoms with Gasteiger partial charge in [-0.3, -0.25) is 4.90 Å². The summed E-state index contributed by atoms with van der Waals surface area (Å²) < 4.78 is 11.2. The molecule has 1 aliphatic carbocycles. The van der Waals surface area contributed by atoms with Crippen LogP contribution in [0.2, 0.25) is 0 Å². The topological polar surface area (TPSA) is 38.8 Å². The molecule has 0 N–H and O–H groups in total. The van der Waals surface area contributed by atoms with Crippen LogP contribution in [0, 0.1) is 5.92 Å². The van der Waals surface area contributed by atoms with E-state index in [1.165, 1.54) is 12.8 Å². The maximum Gasteiger partial charge on any atom is 0.412 e. The minimum absolute atomic E-state index is 0.203. The molecule has 3 rings (SSSR count). The summed E-state index contributed by atoms with van der Waals surface area (Å²) in [5, 5.41) is 0. The van der Waals surface area contributed by atoms with Crippen LogP contribution in [0.4, 0.5) is 4.79 Å². The molecule has 1 amide bonds. The molecule has 0 spiro atoms. The van der Waals surface area contributed by atoms with Gasteiger partial charge in [-0.25, -0.2) is 4.79 Å². The highest BCUT2D eigenvalue weighted by atomic mass is 16.6. The van der Waals surface area contributed by atoms with Gasteiger partial charge in [0.15, 0.2) is 6.23 Å². The number of hydrogen-bond acceptors (Lipinski definition) is 3. The van der Waals surface area contributed by atoms with Gasteiger partial charge in [-0.2, -0.15) is 0 Å². The van der Waals surface area contributed by atoms with E-state index < -0.39 is 0 Å². The highest BCUT2D eigenvalue weighted by molar-refractivity contribution is 5.70. The summed E-state index contributed by atoms with van der Waals surface area (Å²) in [4.78, 5) is 13.6. The fourth-order valence-corrected chi connectivity index (χ4v) is 2.56. The number of nitrogens with zero attached hydrogens (tertiary/aromatic N) is 1. The van der Waals surface area contributed by atoms with Crippen LogP contribution in [-0.2, 0) is 16.0 Å². The molecule has 2 atom stereocenters. The van der Waals surface area contributed by atoms with E-state index in [0.717, 1.165) is 17.9 Å². The molecule has 1 saturated carbocycles. The number of ether oxygens (including phenoxy) is 2. The number of carbonyl (C=O) groups is 1. The van der Waals surface area contributed by atoms with Crippen molar-refractivity contribution in [2.75, 3.05) is 6.61 Å². The van der Waals surface area contributed by atoms with Crippen LogP contribution in [0.3, 0.4) is 0 Å².